The van der Waals surface area contributed by atoms with Gasteiger partial charge in [-0.1, -0.05) is 57.4 Å². The third-order valence-electron chi connectivity index (χ3n) is 8.90. The summed E-state index contributed by atoms with van der Waals surface area (Å²) < 4.78 is 0. The smallest absolute Gasteiger partial charge is 0.272 e. The van der Waals surface area contributed by atoms with Crippen LogP contribution in [0.3, 0.4) is 0 Å². The lowest BCUT2D eigenvalue weighted by molar-refractivity contribution is -0.317. The summed E-state index contributed by atoms with van der Waals surface area (Å²) in [6, 6.07) is 24.3. The second-order valence-corrected chi connectivity index (χ2v) is 11.2. The summed E-state index contributed by atoms with van der Waals surface area (Å²) >= 11 is 0. The minimum Gasteiger partial charge on any atom is -0.342 e. The molecule has 9 rings (SSSR count). The van der Waals surface area contributed by atoms with Crippen LogP contribution in [0, 0.1) is 0 Å². The van der Waals surface area contributed by atoms with E-state index in [-0.39, 0.29) is 0 Å². The van der Waals surface area contributed by atoms with E-state index in [1.807, 2.05) is 68.7 Å². The van der Waals surface area contributed by atoms with Crippen molar-refractivity contribution in [3.05, 3.63) is 129 Å². The topological polar surface area (TPSA) is 109 Å². The molecule has 0 saturated carbocycles. The average molecular weight is 575 g/mol. The lowest BCUT2D eigenvalue weighted by Gasteiger charge is -2.34. The standard InChI is InChI=1S/C34H24N10/c1-17-18(2)44(4)26-25(43(17)3)33-40-31-23-15-9-7-13-21(23)29(38-31)36-27-19-11-5-6-12-20(19)28(35-27)37-30-22-14-8-10-16-24(22)32(39-30)41-34(26)42-33/h5-16H,1-4H3/p+2. The fraction of sp³-hybridized carbons (Fsp3) is 0.118. The van der Waals surface area contributed by atoms with Crippen molar-refractivity contribution in [3.63, 3.8) is 0 Å². The van der Waals surface area contributed by atoms with E-state index in [2.05, 4.69) is 51.8 Å². The van der Waals surface area contributed by atoms with E-state index < -0.39 is 0 Å². The zero-order valence-corrected chi connectivity index (χ0v) is 24.5. The predicted molar refractivity (Wildman–Crippen MR) is 171 cm³/mol. The third kappa shape index (κ3) is 3.36. The lowest BCUT2D eigenvalue weighted by Crippen LogP contribution is -2.77. The van der Waals surface area contributed by atoms with Crippen LogP contribution in [-0.2, 0) is 0 Å². The van der Waals surface area contributed by atoms with Crippen molar-refractivity contribution in [2.24, 2.45) is 30.0 Å². The van der Waals surface area contributed by atoms with E-state index in [0.29, 0.717) is 46.7 Å². The number of fused-ring (bicyclic) bond motifs is 15. The van der Waals surface area contributed by atoms with Crippen LogP contribution >= 0.6 is 0 Å². The normalized spacial score (nSPS) is 19.3. The minimum atomic E-state index is 0.551. The molecule has 6 aliphatic heterocycles. The molecule has 210 valence electrons. The molecule has 0 fully saturated rings. The number of hydrogen-bond donors (Lipinski definition) is 2. The van der Waals surface area contributed by atoms with Crippen LogP contribution in [0.15, 0.2) is 126 Å². The molecule has 0 aromatic heterocycles. The van der Waals surface area contributed by atoms with Crippen LogP contribution in [0.2, 0.25) is 0 Å². The van der Waals surface area contributed by atoms with Gasteiger partial charge in [0.15, 0.2) is 11.7 Å². The first-order valence-electron chi connectivity index (χ1n) is 14.5. The van der Waals surface area contributed by atoms with Gasteiger partial charge in [0.25, 0.3) is 29.2 Å². The molecule has 2 N–H and O–H groups in total. The van der Waals surface area contributed by atoms with Crippen molar-refractivity contribution in [2.75, 3.05) is 14.1 Å². The van der Waals surface area contributed by atoms with E-state index in [0.717, 1.165) is 56.2 Å². The van der Waals surface area contributed by atoms with Crippen molar-refractivity contribution in [2.45, 2.75) is 13.8 Å². The monoisotopic (exact) mass is 574 g/mol. The fourth-order valence-corrected chi connectivity index (χ4v) is 6.34. The van der Waals surface area contributed by atoms with Crippen molar-refractivity contribution >= 4 is 46.7 Å². The molecule has 0 atom stereocenters. The quantitative estimate of drug-likeness (QED) is 0.417. The van der Waals surface area contributed by atoms with E-state index in [1.54, 1.807) is 0 Å². The van der Waals surface area contributed by atoms with E-state index >= 15 is 0 Å². The fourth-order valence-electron chi connectivity index (χ4n) is 6.34. The van der Waals surface area contributed by atoms with E-state index in [9.17, 15) is 0 Å². The first kappa shape index (κ1) is 24.7. The van der Waals surface area contributed by atoms with Crippen LogP contribution in [0.25, 0.3) is 0 Å². The maximum Gasteiger partial charge on any atom is 0.272 e. The Bertz CT molecular complexity index is 2220. The molecule has 3 aromatic rings. The zero-order valence-electron chi connectivity index (χ0n) is 24.5. The number of hydrogen-bond acceptors (Lipinski definition) is 8. The van der Waals surface area contributed by atoms with Gasteiger partial charge in [-0.15, -0.1) is 0 Å². The van der Waals surface area contributed by atoms with Crippen molar-refractivity contribution in [3.8, 4) is 0 Å². The molecule has 10 heteroatoms. The predicted octanol–water partition coefficient (Wildman–Crippen LogP) is 0.933. The molecular formula is C34H26N10+2. The Kier molecular flexibility index (Phi) is 4.94. The first-order chi connectivity index (χ1) is 21.5. The van der Waals surface area contributed by atoms with Crippen molar-refractivity contribution in [1.29, 1.82) is 0 Å². The number of rotatable bonds is 0. The molecule has 0 saturated heterocycles. The Morgan fingerprint density at radius 3 is 1.39 bits per heavy atom. The summed E-state index contributed by atoms with van der Waals surface area (Å²) in [5.74, 6) is 5.03. The number of benzene rings is 3. The van der Waals surface area contributed by atoms with Gasteiger partial charge in [-0.2, -0.15) is 9.98 Å². The Labute approximate surface area is 253 Å². The van der Waals surface area contributed by atoms with Crippen LogP contribution in [0.5, 0.6) is 0 Å². The molecular weight excluding hydrogens is 548 g/mol. The Morgan fingerprint density at radius 1 is 0.432 bits per heavy atom. The largest absolute Gasteiger partial charge is 0.342 e. The zero-order chi connectivity index (χ0) is 29.7. The second kappa shape index (κ2) is 8.81. The van der Waals surface area contributed by atoms with Crippen LogP contribution in [0.1, 0.15) is 47.2 Å². The number of nitrogens with zero attached hydrogens (tertiary/aromatic N) is 8. The van der Waals surface area contributed by atoms with Gasteiger partial charge in [0.05, 0.1) is 22.3 Å². The van der Waals surface area contributed by atoms with E-state index in [1.165, 1.54) is 0 Å². The lowest BCUT2D eigenvalue weighted by atomic mass is 10.1. The molecule has 0 unspecified atom stereocenters. The van der Waals surface area contributed by atoms with Crippen molar-refractivity contribution < 1.29 is 9.98 Å². The van der Waals surface area contributed by atoms with Gasteiger partial charge < -0.3 is 9.80 Å². The molecule has 6 heterocycles. The average Bonchev–Trinajstić information content (AvgIpc) is 3.78. The first-order valence-corrected chi connectivity index (χ1v) is 14.5. The van der Waals surface area contributed by atoms with Gasteiger partial charge in [0.1, 0.15) is 11.4 Å². The van der Waals surface area contributed by atoms with Gasteiger partial charge in [0, 0.05) is 36.6 Å². The SMILES string of the molecule is CC1=C(C)N(C)C2=C(C3=NC2=NC2=[NH+]C(=NC4=[NH+]C(=NC5=NC(=N3)c3ccccc35)c3ccccc34)c3ccccc32)N1C. The molecule has 3 aromatic carbocycles. The van der Waals surface area contributed by atoms with Crippen LogP contribution in [-0.4, -0.2) is 70.6 Å². The number of aliphatic imine (C=N–C) groups is 6. The minimum absolute atomic E-state index is 0.551. The van der Waals surface area contributed by atoms with Gasteiger partial charge >= 0.3 is 0 Å². The molecule has 0 aliphatic carbocycles. The molecule has 0 radical (unpaired) electrons. The Morgan fingerprint density at radius 2 is 0.818 bits per heavy atom. The van der Waals surface area contributed by atoms with Crippen LogP contribution < -0.4 is 9.98 Å². The molecule has 8 bridgehead atoms. The Hall–Kier alpha value is -5.90. The van der Waals surface area contributed by atoms with Gasteiger partial charge in [-0.3, -0.25) is 0 Å². The van der Waals surface area contributed by atoms with Gasteiger partial charge in [0.2, 0.25) is 5.84 Å². The number of likely N-dealkylation sites (N-methyl/N-ethyl adjacent to an activating group) is 2. The number of nitrogens with one attached hydrogen (secondary N) is 2. The molecule has 44 heavy (non-hydrogen) atoms. The molecule has 0 amide bonds. The highest BCUT2D eigenvalue weighted by atomic mass is 15.3. The summed E-state index contributed by atoms with van der Waals surface area (Å²) in [5.41, 5.74) is 9.64. The second-order valence-electron chi connectivity index (χ2n) is 11.2. The highest BCUT2D eigenvalue weighted by Crippen LogP contribution is 2.35. The van der Waals surface area contributed by atoms with Gasteiger partial charge in [-0.25, -0.2) is 15.0 Å². The molecule has 10 nitrogen and oxygen atoms in total. The molecule has 0 spiro atoms. The highest BCUT2D eigenvalue weighted by molar-refractivity contribution is 6.31. The summed E-state index contributed by atoms with van der Waals surface area (Å²) in [7, 11) is 4.09. The summed E-state index contributed by atoms with van der Waals surface area (Å²) in [5, 5.41) is 0. The Balaban J connectivity index is 1.36. The number of allylic oxidation sites excluding steroid dienone is 2. The van der Waals surface area contributed by atoms with E-state index in [4.69, 9.17) is 30.0 Å². The van der Waals surface area contributed by atoms with Gasteiger partial charge in [-0.05, 0) is 44.2 Å². The van der Waals surface area contributed by atoms with Crippen LogP contribution in [0.4, 0.5) is 0 Å². The van der Waals surface area contributed by atoms with Crippen molar-refractivity contribution in [1.82, 2.24) is 9.80 Å². The summed E-state index contributed by atoms with van der Waals surface area (Å²) in [6.07, 6.45) is 0. The maximum atomic E-state index is 5.15. The highest BCUT2D eigenvalue weighted by Gasteiger charge is 2.40. The summed E-state index contributed by atoms with van der Waals surface area (Å²) in [6.45, 7) is 4.21. The third-order valence-corrected chi connectivity index (χ3v) is 8.90. The maximum absolute atomic E-state index is 5.15. The molecule has 6 aliphatic rings. The number of amidine groups is 8. The summed E-state index contributed by atoms with van der Waals surface area (Å²) in [4.78, 5) is 41.7.